The lowest BCUT2D eigenvalue weighted by Gasteiger charge is -2.02. The number of aryl methyl sites for hydroxylation is 2. The first-order chi connectivity index (χ1) is 9.92. The Morgan fingerprint density at radius 3 is 2.57 bits per heavy atom. The molecule has 0 aliphatic rings. The van der Waals surface area contributed by atoms with Crippen molar-refractivity contribution < 1.29 is 23.6 Å². The summed E-state index contributed by atoms with van der Waals surface area (Å²) in [4.78, 5) is 23.9. The summed E-state index contributed by atoms with van der Waals surface area (Å²) in [6, 6.07) is 1.73. The van der Waals surface area contributed by atoms with E-state index in [1.807, 2.05) is 18.5 Å². The van der Waals surface area contributed by atoms with Gasteiger partial charge in [-0.2, -0.15) is 4.57 Å². The fraction of sp³-hybridized carbons (Fsp3) is 0.400. The van der Waals surface area contributed by atoms with E-state index in [9.17, 15) is 9.59 Å². The first kappa shape index (κ1) is 15.0. The second-order valence-electron chi connectivity index (χ2n) is 4.81. The zero-order chi connectivity index (χ0) is 15.7. The van der Waals surface area contributed by atoms with Crippen molar-refractivity contribution in [2.45, 2.75) is 13.8 Å². The number of hydrogen-bond donors (Lipinski definition) is 0. The molecule has 2 aromatic heterocycles. The summed E-state index contributed by atoms with van der Waals surface area (Å²) >= 11 is 0. The van der Waals surface area contributed by atoms with Gasteiger partial charge in [-0.15, -0.1) is 0 Å². The van der Waals surface area contributed by atoms with Gasteiger partial charge in [-0.05, 0) is 19.9 Å². The van der Waals surface area contributed by atoms with Crippen molar-refractivity contribution in [2.75, 3.05) is 13.7 Å². The molecule has 0 aromatic carbocycles. The van der Waals surface area contributed by atoms with Gasteiger partial charge in [0, 0.05) is 12.7 Å². The van der Waals surface area contributed by atoms with E-state index in [-0.39, 0.29) is 5.97 Å². The van der Waals surface area contributed by atoms with Crippen molar-refractivity contribution >= 4 is 23.0 Å². The number of ether oxygens (including phenoxy) is 2. The summed E-state index contributed by atoms with van der Waals surface area (Å²) in [6.07, 6.45) is 1.66. The molecule has 6 heteroatoms. The molecule has 0 bridgehead atoms. The van der Waals surface area contributed by atoms with Crippen molar-refractivity contribution in [3.8, 4) is 0 Å². The molecule has 0 N–H and O–H groups in total. The SMILES string of the molecule is CCOC(=O)c1cc2c(c(C(=O)OC)c(C)n2C)[n+](C)c1. The number of fused-ring (bicyclic) bond motifs is 1. The Morgan fingerprint density at radius 2 is 2.00 bits per heavy atom. The summed E-state index contributed by atoms with van der Waals surface area (Å²) in [5.74, 6) is -0.772. The van der Waals surface area contributed by atoms with Crippen molar-refractivity contribution in [1.29, 1.82) is 0 Å². The highest BCUT2D eigenvalue weighted by molar-refractivity contribution is 6.04. The van der Waals surface area contributed by atoms with Gasteiger partial charge in [0.2, 0.25) is 5.52 Å². The summed E-state index contributed by atoms with van der Waals surface area (Å²) in [7, 11) is 4.99. The Hall–Kier alpha value is -2.37. The van der Waals surface area contributed by atoms with E-state index in [1.165, 1.54) is 7.11 Å². The van der Waals surface area contributed by atoms with Crippen LogP contribution in [0.1, 0.15) is 33.3 Å². The van der Waals surface area contributed by atoms with Crippen LogP contribution in [0.2, 0.25) is 0 Å². The van der Waals surface area contributed by atoms with E-state index in [4.69, 9.17) is 9.47 Å². The zero-order valence-corrected chi connectivity index (χ0v) is 12.9. The van der Waals surface area contributed by atoms with Gasteiger partial charge in [0.25, 0.3) is 0 Å². The molecule has 0 fully saturated rings. The first-order valence-corrected chi connectivity index (χ1v) is 6.66. The Kier molecular flexibility index (Phi) is 3.97. The standard InChI is InChI=1S/C15H19N2O4/c1-6-21-14(18)10-7-11-13(16(3)8-10)12(15(19)20-5)9(2)17(11)4/h7-8H,6H2,1-5H3/q+1. The number of methoxy groups -OCH3 is 1. The third-order valence-corrected chi connectivity index (χ3v) is 3.58. The highest BCUT2D eigenvalue weighted by atomic mass is 16.5. The molecule has 0 amide bonds. The molecule has 6 nitrogen and oxygen atoms in total. The van der Waals surface area contributed by atoms with Gasteiger partial charge in [0.05, 0.1) is 13.7 Å². The summed E-state index contributed by atoms with van der Waals surface area (Å²) in [6.45, 7) is 3.93. The van der Waals surface area contributed by atoms with Crippen molar-refractivity contribution in [3.63, 3.8) is 0 Å². The van der Waals surface area contributed by atoms with E-state index in [0.29, 0.717) is 17.7 Å². The Balaban J connectivity index is 2.75. The number of nitrogens with zero attached hydrogens (tertiary/aromatic N) is 2. The lowest BCUT2D eigenvalue weighted by Crippen LogP contribution is -2.31. The van der Waals surface area contributed by atoms with E-state index in [0.717, 1.165) is 16.7 Å². The topological polar surface area (TPSA) is 61.4 Å². The van der Waals surface area contributed by atoms with Crippen LogP contribution in [0.5, 0.6) is 0 Å². The number of rotatable bonds is 3. The molecule has 0 spiro atoms. The molecule has 0 saturated carbocycles. The van der Waals surface area contributed by atoms with E-state index in [1.54, 1.807) is 30.8 Å². The second-order valence-corrected chi connectivity index (χ2v) is 4.81. The maximum Gasteiger partial charge on any atom is 0.346 e. The summed E-state index contributed by atoms with van der Waals surface area (Å²) < 4.78 is 13.5. The minimum absolute atomic E-state index is 0.320. The van der Waals surface area contributed by atoms with Crippen LogP contribution in [0, 0.1) is 6.92 Å². The molecular weight excluding hydrogens is 272 g/mol. The molecule has 2 heterocycles. The second kappa shape index (κ2) is 5.55. The molecule has 0 aliphatic carbocycles. The molecule has 0 radical (unpaired) electrons. The average Bonchev–Trinajstić information content (AvgIpc) is 2.71. The average molecular weight is 291 g/mol. The molecule has 112 valence electrons. The fourth-order valence-corrected chi connectivity index (χ4v) is 2.46. The quantitative estimate of drug-likeness (QED) is 0.631. The number of pyridine rings is 1. The lowest BCUT2D eigenvalue weighted by molar-refractivity contribution is -0.645. The fourth-order valence-electron chi connectivity index (χ4n) is 2.46. The molecular formula is C15H19N2O4+. The number of carbonyl (C=O) groups is 2. The largest absolute Gasteiger partial charge is 0.465 e. The molecule has 2 rings (SSSR count). The lowest BCUT2D eigenvalue weighted by atomic mass is 10.2. The Labute approximate surface area is 122 Å². The molecule has 0 aliphatic heterocycles. The van der Waals surface area contributed by atoms with Gasteiger partial charge in [0.15, 0.2) is 11.8 Å². The summed E-state index contributed by atoms with van der Waals surface area (Å²) in [5.41, 5.74) is 3.25. The maximum absolute atomic E-state index is 12.0. The predicted molar refractivity (Wildman–Crippen MR) is 76.1 cm³/mol. The van der Waals surface area contributed by atoms with Crippen molar-refractivity contribution in [2.24, 2.45) is 14.1 Å². The Bertz CT molecular complexity index is 731. The minimum atomic E-state index is -0.391. The van der Waals surface area contributed by atoms with Gasteiger partial charge in [-0.1, -0.05) is 0 Å². The molecule has 21 heavy (non-hydrogen) atoms. The normalized spacial score (nSPS) is 10.7. The van der Waals surface area contributed by atoms with Crippen LogP contribution in [0.15, 0.2) is 12.3 Å². The van der Waals surface area contributed by atoms with Gasteiger partial charge < -0.3 is 14.0 Å². The third-order valence-electron chi connectivity index (χ3n) is 3.58. The van der Waals surface area contributed by atoms with Crippen LogP contribution in [-0.4, -0.2) is 30.2 Å². The predicted octanol–water partition coefficient (Wildman–Crippen LogP) is 1.27. The van der Waals surface area contributed by atoms with Crippen LogP contribution in [0.3, 0.4) is 0 Å². The van der Waals surface area contributed by atoms with Gasteiger partial charge in [-0.3, -0.25) is 0 Å². The summed E-state index contributed by atoms with van der Waals surface area (Å²) in [5, 5.41) is 0. The van der Waals surface area contributed by atoms with Crippen LogP contribution in [0.4, 0.5) is 0 Å². The van der Waals surface area contributed by atoms with Crippen molar-refractivity contribution in [3.05, 3.63) is 29.1 Å². The molecule has 0 atom stereocenters. The molecule has 2 aromatic rings. The van der Waals surface area contributed by atoms with Crippen LogP contribution >= 0.6 is 0 Å². The van der Waals surface area contributed by atoms with Gasteiger partial charge in [0.1, 0.15) is 18.1 Å². The van der Waals surface area contributed by atoms with Crippen LogP contribution < -0.4 is 4.57 Å². The van der Waals surface area contributed by atoms with E-state index < -0.39 is 5.97 Å². The zero-order valence-electron chi connectivity index (χ0n) is 12.9. The minimum Gasteiger partial charge on any atom is -0.465 e. The highest BCUT2D eigenvalue weighted by Crippen LogP contribution is 2.23. The smallest absolute Gasteiger partial charge is 0.346 e. The maximum atomic E-state index is 12.0. The van der Waals surface area contributed by atoms with E-state index >= 15 is 0 Å². The highest BCUT2D eigenvalue weighted by Gasteiger charge is 2.28. The monoisotopic (exact) mass is 291 g/mol. The number of aromatic nitrogens is 2. The van der Waals surface area contributed by atoms with Gasteiger partial charge >= 0.3 is 11.9 Å². The number of carbonyl (C=O) groups excluding carboxylic acids is 2. The molecule has 0 unspecified atom stereocenters. The number of esters is 2. The van der Waals surface area contributed by atoms with Gasteiger partial charge in [-0.25, -0.2) is 9.59 Å². The van der Waals surface area contributed by atoms with E-state index in [2.05, 4.69) is 0 Å². The first-order valence-electron chi connectivity index (χ1n) is 6.66. The number of hydrogen-bond acceptors (Lipinski definition) is 4. The Morgan fingerprint density at radius 1 is 1.33 bits per heavy atom. The van der Waals surface area contributed by atoms with Crippen LogP contribution in [-0.2, 0) is 23.6 Å². The van der Waals surface area contributed by atoms with Crippen molar-refractivity contribution in [1.82, 2.24) is 4.57 Å². The third kappa shape index (κ3) is 2.37. The van der Waals surface area contributed by atoms with Crippen LogP contribution in [0.25, 0.3) is 11.0 Å². The molecule has 0 saturated heterocycles.